The maximum atomic E-state index is 14.0. The monoisotopic (exact) mass is 302 g/mol. The third-order valence-electron chi connectivity index (χ3n) is 2.68. The molecular weight excluding hydrogens is 287 g/mol. The van der Waals surface area contributed by atoms with Gasteiger partial charge in [0.25, 0.3) is 0 Å². The Balaban J connectivity index is 3.23. The molecule has 0 radical (unpaired) electrons. The van der Waals surface area contributed by atoms with Crippen LogP contribution < -0.4 is 9.64 Å². The van der Waals surface area contributed by atoms with Crippen LogP contribution in [0.4, 0.5) is 15.8 Å². The number of rotatable bonds is 8. The highest BCUT2D eigenvalue weighted by molar-refractivity contribution is 5.74. The van der Waals surface area contributed by atoms with E-state index >= 15 is 0 Å². The smallest absolute Gasteiger partial charge is 0.323 e. The fraction of sp³-hybridized carbons (Fsp3) is 0.417. The number of benzene rings is 1. The van der Waals surface area contributed by atoms with E-state index in [9.17, 15) is 19.3 Å². The number of halogens is 1. The van der Waals surface area contributed by atoms with Gasteiger partial charge in [0.15, 0.2) is 11.6 Å². The highest BCUT2D eigenvalue weighted by atomic mass is 19.1. The number of anilines is 1. The Morgan fingerprint density at radius 3 is 2.62 bits per heavy atom. The summed E-state index contributed by atoms with van der Waals surface area (Å²) in [6.07, 6.45) is 0. The van der Waals surface area contributed by atoms with E-state index in [2.05, 4.69) is 0 Å². The first-order valence-electron chi connectivity index (χ1n) is 5.88. The fourth-order valence-corrected chi connectivity index (χ4v) is 1.73. The van der Waals surface area contributed by atoms with Gasteiger partial charge in [0.2, 0.25) is 0 Å². The Labute approximate surface area is 119 Å². The minimum absolute atomic E-state index is 0.100. The molecule has 9 heteroatoms. The molecule has 0 heterocycles. The zero-order valence-corrected chi connectivity index (χ0v) is 11.5. The van der Waals surface area contributed by atoms with Crippen LogP contribution in [0, 0.1) is 15.9 Å². The van der Waals surface area contributed by atoms with Gasteiger partial charge in [-0.1, -0.05) is 0 Å². The minimum atomic E-state index is -1.16. The normalized spacial score (nSPS) is 10.2. The molecule has 116 valence electrons. The number of methoxy groups -OCH3 is 2. The van der Waals surface area contributed by atoms with Crippen LogP contribution in [-0.4, -0.2) is 49.9 Å². The third-order valence-corrected chi connectivity index (χ3v) is 2.68. The molecule has 0 amide bonds. The summed E-state index contributed by atoms with van der Waals surface area (Å²) in [4.78, 5) is 22.1. The van der Waals surface area contributed by atoms with Crippen molar-refractivity contribution in [1.82, 2.24) is 0 Å². The quantitative estimate of drug-likeness (QED) is 0.570. The maximum Gasteiger partial charge on any atom is 0.323 e. The Bertz CT molecular complexity index is 537. The van der Waals surface area contributed by atoms with Crippen LogP contribution in [0.5, 0.6) is 5.75 Å². The summed E-state index contributed by atoms with van der Waals surface area (Å²) in [6.45, 7) is -0.187. The summed E-state index contributed by atoms with van der Waals surface area (Å²) in [6, 6.07) is 1.81. The van der Waals surface area contributed by atoms with Gasteiger partial charge >= 0.3 is 11.7 Å². The molecule has 0 saturated carbocycles. The molecule has 0 aromatic heterocycles. The van der Waals surface area contributed by atoms with Crippen molar-refractivity contribution in [3.63, 3.8) is 0 Å². The van der Waals surface area contributed by atoms with Gasteiger partial charge < -0.3 is 19.5 Å². The molecule has 21 heavy (non-hydrogen) atoms. The first kappa shape index (κ1) is 16.6. The van der Waals surface area contributed by atoms with Crippen LogP contribution in [-0.2, 0) is 9.53 Å². The van der Waals surface area contributed by atoms with E-state index in [0.29, 0.717) is 6.07 Å². The van der Waals surface area contributed by atoms with Crippen molar-refractivity contribution in [2.45, 2.75) is 0 Å². The number of nitro groups is 1. The van der Waals surface area contributed by atoms with Gasteiger partial charge in [-0.05, 0) is 0 Å². The molecule has 1 rings (SSSR count). The van der Waals surface area contributed by atoms with E-state index < -0.39 is 28.9 Å². The van der Waals surface area contributed by atoms with Crippen molar-refractivity contribution in [1.29, 1.82) is 0 Å². The molecule has 0 bridgehead atoms. The number of hydrogen-bond acceptors (Lipinski definition) is 6. The molecule has 0 atom stereocenters. The van der Waals surface area contributed by atoms with Gasteiger partial charge in [0, 0.05) is 19.7 Å². The van der Waals surface area contributed by atoms with Crippen LogP contribution in [0.2, 0.25) is 0 Å². The number of nitrogens with zero attached hydrogens (tertiary/aromatic N) is 2. The predicted molar refractivity (Wildman–Crippen MR) is 71.3 cm³/mol. The van der Waals surface area contributed by atoms with E-state index in [4.69, 9.17) is 14.6 Å². The second-order valence-corrected chi connectivity index (χ2v) is 4.04. The first-order chi connectivity index (χ1) is 9.90. The standard InChI is InChI=1S/C12H15FN2O6/c1-20-4-3-14(7-12(16)17)9-6-11(21-2)10(15(18)19)5-8(9)13/h5-6H,3-4,7H2,1-2H3,(H,16,17). The highest BCUT2D eigenvalue weighted by Crippen LogP contribution is 2.34. The van der Waals surface area contributed by atoms with Crippen LogP contribution in [0.3, 0.4) is 0 Å². The van der Waals surface area contributed by atoms with Gasteiger partial charge in [0.1, 0.15) is 6.54 Å². The summed E-state index contributed by atoms with van der Waals surface area (Å²) in [5, 5.41) is 19.7. The Kier molecular flexibility index (Phi) is 5.85. The lowest BCUT2D eigenvalue weighted by molar-refractivity contribution is -0.385. The van der Waals surface area contributed by atoms with Gasteiger partial charge in [-0.25, -0.2) is 4.39 Å². The second kappa shape index (κ2) is 7.39. The lowest BCUT2D eigenvalue weighted by Gasteiger charge is -2.23. The highest BCUT2D eigenvalue weighted by Gasteiger charge is 2.23. The molecule has 0 fully saturated rings. The average molecular weight is 302 g/mol. The van der Waals surface area contributed by atoms with Crippen molar-refractivity contribution in [3.8, 4) is 5.75 Å². The number of aliphatic carboxylic acids is 1. The number of ether oxygens (including phenoxy) is 2. The number of carboxylic acids is 1. The van der Waals surface area contributed by atoms with Crippen LogP contribution in [0.1, 0.15) is 0 Å². The molecule has 0 spiro atoms. The number of carboxylic acid groups (broad SMARTS) is 1. The molecule has 0 saturated heterocycles. The SMILES string of the molecule is COCCN(CC(=O)O)c1cc(OC)c([N+](=O)[O-])cc1F. The molecule has 0 aliphatic carbocycles. The Morgan fingerprint density at radius 1 is 1.48 bits per heavy atom. The van der Waals surface area contributed by atoms with Crippen molar-refractivity contribution >= 4 is 17.3 Å². The van der Waals surface area contributed by atoms with Crippen molar-refractivity contribution in [3.05, 3.63) is 28.1 Å². The van der Waals surface area contributed by atoms with Gasteiger partial charge in [0.05, 0.1) is 30.4 Å². The summed E-state index contributed by atoms with van der Waals surface area (Å²) in [5.41, 5.74) is -0.627. The van der Waals surface area contributed by atoms with Crippen LogP contribution in [0.25, 0.3) is 0 Å². The zero-order valence-electron chi connectivity index (χ0n) is 11.5. The number of carbonyl (C=O) groups is 1. The van der Waals surface area contributed by atoms with Crippen LogP contribution >= 0.6 is 0 Å². The Hall–Kier alpha value is -2.42. The van der Waals surface area contributed by atoms with Gasteiger partial charge in [-0.15, -0.1) is 0 Å². The van der Waals surface area contributed by atoms with Crippen molar-refractivity contribution in [2.24, 2.45) is 0 Å². The molecule has 1 aromatic rings. The number of nitro benzene ring substituents is 1. The van der Waals surface area contributed by atoms with Crippen molar-refractivity contribution < 1.29 is 28.7 Å². The van der Waals surface area contributed by atoms with E-state index in [1.54, 1.807) is 0 Å². The van der Waals surface area contributed by atoms with E-state index in [1.165, 1.54) is 19.1 Å². The molecule has 1 N–H and O–H groups in total. The molecule has 8 nitrogen and oxygen atoms in total. The molecular formula is C12H15FN2O6. The second-order valence-electron chi connectivity index (χ2n) is 4.04. The average Bonchev–Trinajstić information content (AvgIpc) is 2.42. The summed E-state index contributed by atoms with van der Waals surface area (Å²) in [5.74, 6) is -2.22. The number of hydrogen-bond donors (Lipinski definition) is 1. The summed E-state index contributed by atoms with van der Waals surface area (Å²) >= 11 is 0. The first-order valence-corrected chi connectivity index (χ1v) is 5.88. The zero-order chi connectivity index (χ0) is 16.0. The Morgan fingerprint density at radius 2 is 2.14 bits per heavy atom. The molecule has 0 aliphatic heterocycles. The molecule has 1 aromatic carbocycles. The fourth-order valence-electron chi connectivity index (χ4n) is 1.73. The van der Waals surface area contributed by atoms with E-state index in [1.807, 2.05) is 0 Å². The van der Waals surface area contributed by atoms with E-state index in [-0.39, 0.29) is 24.6 Å². The largest absolute Gasteiger partial charge is 0.490 e. The summed E-state index contributed by atoms with van der Waals surface area (Å²) < 4.78 is 23.7. The predicted octanol–water partition coefficient (Wildman–Crippen LogP) is 1.28. The van der Waals surface area contributed by atoms with E-state index in [0.717, 1.165) is 6.07 Å². The lowest BCUT2D eigenvalue weighted by atomic mass is 10.2. The van der Waals surface area contributed by atoms with Crippen molar-refractivity contribution in [2.75, 3.05) is 38.8 Å². The molecule has 0 aliphatic rings. The summed E-state index contributed by atoms with van der Waals surface area (Å²) in [7, 11) is 2.63. The van der Waals surface area contributed by atoms with Crippen LogP contribution in [0.15, 0.2) is 12.1 Å². The van der Waals surface area contributed by atoms with Gasteiger partial charge in [-0.3, -0.25) is 14.9 Å². The molecule has 0 unspecified atom stereocenters. The lowest BCUT2D eigenvalue weighted by Crippen LogP contribution is -2.33. The topological polar surface area (TPSA) is 102 Å². The van der Waals surface area contributed by atoms with Gasteiger partial charge in [-0.2, -0.15) is 0 Å². The third kappa shape index (κ3) is 4.28. The maximum absolute atomic E-state index is 14.0. The minimum Gasteiger partial charge on any atom is -0.490 e.